The van der Waals surface area contributed by atoms with Crippen molar-refractivity contribution in [1.82, 2.24) is 14.7 Å². The molecule has 3 rings (SSSR count). The number of carbonyl (C=O) groups is 1. The summed E-state index contributed by atoms with van der Waals surface area (Å²) in [6.45, 7) is 4.16. The fourth-order valence-electron chi connectivity index (χ4n) is 2.21. The third-order valence-electron chi connectivity index (χ3n) is 3.20. The van der Waals surface area contributed by atoms with Crippen LogP contribution in [0.2, 0.25) is 0 Å². The number of halogens is 1. The summed E-state index contributed by atoms with van der Waals surface area (Å²) in [6, 6.07) is 6.07. The zero-order valence-corrected chi connectivity index (χ0v) is 12.5. The monoisotopic (exact) mass is 303 g/mol. The van der Waals surface area contributed by atoms with E-state index in [2.05, 4.69) is 10.3 Å². The smallest absolute Gasteiger partial charge is 0.270 e. The van der Waals surface area contributed by atoms with Crippen molar-refractivity contribution in [2.75, 3.05) is 0 Å². The molecule has 0 saturated carbocycles. The summed E-state index contributed by atoms with van der Waals surface area (Å²) in [6.07, 6.45) is 1.91. The highest BCUT2D eigenvalue weighted by atomic mass is 32.1. The topological polar surface area (TPSA) is 46.4 Å². The minimum Gasteiger partial charge on any atom is -0.347 e. The number of hydrogen-bond donors (Lipinski definition) is 1. The van der Waals surface area contributed by atoms with Crippen LogP contribution in [0.4, 0.5) is 4.39 Å². The van der Waals surface area contributed by atoms with E-state index in [1.54, 1.807) is 23.5 Å². The first-order valence-corrected chi connectivity index (χ1v) is 7.34. The zero-order chi connectivity index (χ0) is 15.0. The van der Waals surface area contributed by atoms with Crippen LogP contribution in [0.15, 0.2) is 30.5 Å². The molecular weight excluding hydrogens is 289 g/mol. The van der Waals surface area contributed by atoms with Crippen molar-refractivity contribution < 1.29 is 9.18 Å². The van der Waals surface area contributed by atoms with Crippen LogP contribution in [0, 0.1) is 19.7 Å². The molecule has 0 atom stereocenters. The van der Waals surface area contributed by atoms with E-state index in [4.69, 9.17) is 0 Å². The molecule has 6 heteroatoms. The Morgan fingerprint density at radius 3 is 2.76 bits per heavy atom. The van der Waals surface area contributed by atoms with Crippen LogP contribution in [0.25, 0.3) is 4.96 Å². The molecule has 2 heterocycles. The number of hydrogen-bond acceptors (Lipinski definition) is 3. The van der Waals surface area contributed by atoms with Crippen LogP contribution in [-0.4, -0.2) is 15.3 Å². The van der Waals surface area contributed by atoms with Crippen molar-refractivity contribution in [2.45, 2.75) is 20.4 Å². The van der Waals surface area contributed by atoms with Crippen LogP contribution in [0.3, 0.4) is 0 Å². The lowest BCUT2D eigenvalue weighted by molar-refractivity contribution is 0.0944. The van der Waals surface area contributed by atoms with Gasteiger partial charge in [-0.25, -0.2) is 9.37 Å². The molecule has 4 nitrogen and oxygen atoms in total. The standard InChI is InChI=1S/C15H14FN3OS/c1-9-8-19-13(10(2)18-15(19)21-9)14(20)17-7-11-3-5-12(16)6-4-11/h3-6,8H,7H2,1-2H3,(H,17,20). The van der Waals surface area contributed by atoms with Crippen LogP contribution in [-0.2, 0) is 6.54 Å². The van der Waals surface area contributed by atoms with Gasteiger partial charge in [-0.15, -0.1) is 11.3 Å². The molecule has 3 aromatic rings. The molecule has 108 valence electrons. The molecule has 21 heavy (non-hydrogen) atoms. The van der Waals surface area contributed by atoms with Gasteiger partial charge in [-0.1, -0.05) is 12.1 Å². The van der Waals surface area contributed by atoms with E-state index in [0.29, 0.717) is 17.9 Å². The van der Waals surface area contributed by atoms with E-state index >= 15 is 0 Å². The van der Waals surface area contributed by atoms with E-state index in [1.165, 1.54) is 12.1 Å². The molecule has 1 amide bonds. The quantitative estimate of drug-likeness (QED) is 0.808. The van der Waals surface area contributed by atoms with E-state index in [0.717, 1.165) is 15.4 Å². The molecule has 0 bridgehead atoms. The SMILES string of the molecule is Cc1cn2c(C(=O)NCc3ccc(F)cc3)c(C)nc2s1. The summed E-state index contributed by atoms with van der Waals surface area (Å²) in [7, 11) is 0. The third-order valence-corrected chi connectivity index (χ3v) is 4.10. The summed E-state index contributed by atoms with van der Waals surface area (Å²) >= 11 is 1.55. The summed E-state index contributed by atoms with van der Waals surface area (Å²) in [5.41, 5.74) is 2.11. The Morgan fingerprint density at radius 2 is 2.05 bits per heavy atom. The van der Waals surface area contributed by atoms with Crippen molar-refractivity contribution in [3.63, 3.8) is 0 Å². The predicted molar refractivity (Wildman–Crippen MR) is 80.1 cm³/mol. The maximum absolute atomic E-state index is 12.8. The molecule has 0 unspecified atom stereocenters. The molecule has 0 radical (unpaired) electrons. The number of rotatable bonds is 3. The Morgan fingerprint density at radius 1 is 1.33 bits per heavy atom. The number of thiazole rings is 1. The predicted octanol–water partition coefficient (Wildman–Crippen LogP) is 3.08. The van der Waals surface area contributed by atoms with Gasteiger partial charge in [0, 0.05) is 17.6 Å². The third kappa shape index (κ3) is 2.67. The Balaban J connectivity index is 1.80. The lowest BCUT2D eigenvalue weighted by Crippen LogP contribution is -2.24. The number of amides is 1. The van der Waals surface area contributed by atoms with Gasteiger partial charge >= 0.3 is 0 Å². The average Bonchev–Trinajstić information content (AvgIpc) is 2.92. The van der Waals surface area contributed by atoms with Crippen molar-refractivity contribution in [2.24, 2.45) is 0 Å². The van der Waals surface area contributed by atoms with Crippen LogP contribution >= 0.6 is 11.3 Å². The molecule has 0 saturated heterocycles. The largest absolute Gasteiger partial charge is 0.347 e. The van der Waals surface area contributed by atoms with Gasteiger partial charge in [0.1, 0.15) is 11.5 Å². The summed E-state index contributed by atoms with van der Waals surface area (Å²) in [5, 5.41) is 2.85. The first-order chi connectivity index (χ1) is 10.0. The Bertz CT molecular complexity index is 804. The molecule has 0 aliphatic rings. The fraction of sp³-hybridized carbons (Fsp3) is 0.200. The number of nitrogens with one attached hydrogen (secondary N) is 1. The Hall–Kier alpha value is -2.21. The highest BCUT2D eigenvalue weighted by Gasteiger charge is 2.17. The second-order valence-corrected chi connectivity index (χ2v) is 6.06. The maximum atomic E-state index is 12.8. The molecule has 1 aromatic carbocycles. The summed E-state index contributed by atoms with van der Waals surface area (Å²) < 4.78 is 14.7. The van der Waals surface area contributed by atoms with E-state index in [1.807, 2.05) is 24.4 Å². The van der Waals surface area contributed by atoms with E-state index in [9.17, 15) is 9.18 Å². The number of fused-ring (bicyclic) bond motifs is 1. The summed E-state index contributed by atoms with van der Waals surface area (Å²) in [4.78, 5) is 18.7. The van der Waals surface area contributed by atoms with Gasteiger partial charge in [-0.2, -0.15) is 0 Å². The minimum absolute atomic E-state index is 0.179. The second kappa shape index (κ2) is 5.29. The van der Waals surface area contributed by atoms with Crippen molar-refractivity contribution in [3.05, 3.63) is 58.1 Å². The van der Waals surface area contributed by atoms with E-state index in [-0.39, 0.29) is 11.7 Å². The average molecular weight is 303 g/mol. The molecular formula is C15H14FN3OS. The second-order valence-electron chi connectivity index (χ2n) is 4.85. The highest BCUT2D eigenvalue weighted by Crippen LogP contribution is 2.20. The van der Waals surface area contributed by atoms with Gasteiger partial charge in [0.2, 0.25) is 0 Å². The maximum Gasteiger partial charge on any atom is 0.270 e. The summed E-state index contributed by atoms with van der Waals surface area (Å²) in [5.74, 6) is -0.464. The molecule has 0 aliphatic carbocycles. The van der Waals surface area contributed by atoms with Gasteiger partial charge in [0.25, 0.3) is 5.91 Å². The minimum atomic E-state index is -0.285. The normalized spacial score (nSPS) is 11.0. The highest BCUT2D eigenvalue weighted by molar-refractivity contribution is 7.17. The molecule has 0 spiro atoms. The van der Waals surface area contributed by atoms with Gasteiger partial charge in [0.05, 0.1) is 5.69 Å². The number of aromatic nitrogens is 2. The fourth-order valence-corrected chi connectivity index (χ4v) is 3.08. The lowest BCUT2D eigenvalue weighted by atomic mass is 10.2. The van der Waals surface area contributed by atoms with Crippen molar-refractivity contribution in [1.29, 1.82) is 0 Å². The Labute approximate surface area is 125 Å². The van der Waals surface area contributed by atoms with Crippen molar-refractivity contribution in [3.8, 4) is 0 Å². The van der Waals surface area contributed by atoms with Crippen LogP contribution in [0.5, 0.6) is 0 Å². The number of carbonyl (C=O) groups excluding carboxylic acids is 1. The first kappa shape index (κ1) is 13.8. The number of aryl methyl sites for hydroxylation is 2. The molecule has 1 N–H and O–H groups in total. The van der Waals surface area contributed by atoms with Gasteiger partial charge < -0.3 is 5.32 Å². The van der Waals surface area contributed by atoms with E-state index < -0.39 is 0 Å². The number of benzene rings is 1. The number of nitrogens with zero attached hydrogens (tertiary/aromatic N) is 2. The first-order valence-electron chi connectivity index (χ1n) is 6.52. The Kier molecular flexibility index (Phi) is 3.47. The van der Waals surface area contributed by atoms with Gasteiger partial charge in [-0.3, -0.25) is 9.20 Å². The van der Waals surface area contributed by atoms with Gasteiger partial charge in [-0.05, 0) is 31.5 Å². The van der Waals surface area contributed by atoms with Crippen LogP contribution < -0.4 is 5.32 Å². The molecule has 2 aromatic heterocycles. The van der Waals surface area contributed by atoms with Crippen LogP contribution in [0.1, 0.15) is 26.6 Å². The van der Waals surface area contributed by atoms with Crippen molar-refractivity contribution >= 4 is 22.2 Å². The number of imidazole rings is 1. The molecule has 0 aliphatic heterocycles. The molecule has 0 fully saturated rings. The van der Waals surface area contributed by atoms with Gasteiger partial charge in [0.15, 0.2) is 4.96 Å². The lowest BCUT2D eigenvalue weighted by Gasteiger charge is -2.05. The zero-order valence-electron chi connectivity index (χ0n) is 11.7.